The van der Waals surface area contributed by atoms with Crippen molar-refractivity contribution in [1.29, 1.82) is 0 Å². The first kappa shape index (κ1) is 10.2. The van der Waals surface area contributed by atoms with Crippen LogP contribution < -0.4 is 5.73 Å². The summed E-state index contributed by atoms with van der Waals surface area (Å²) in [6.45, 7) is 2.95. The van der Waals surface area contributed by atoms with Crippen molar-refractivity contribution in [2.45, 2.75) is 32.1 Å². The minimum atomic E-state index is 0.701. The van der Waals surface area contributed by atoms with E-state index in [4.69, 9.17) is 5.73 Å². The molecule has 0 heterocycles. The molecule has 2 rings (SSSR count). The van der Waals surface area contributed by atoms with E-state index in [1.807, 2.05) is 0 Å². The number of aryl methyl sites for hydroxylation is 2. The molecule has 2 N–H and O–H groups in total. The molecule has 1 aromatic carbocycles. The summed E-state index contributed by atoms with van der Waals surface area (Å²) in [6.07, 6.45) is 3.64. The van der Waals surface area contributed by atoms with Crippen LogP contribution in [-0.4, -0.2) is 6.54 Å². The average molecular weight is 254 g/mol. The minimum Gasteiger partial charge on any atom is -0.330 e. The lowest BCUT2D eigenvalue weighted by molar-refractivity contribution is 0.627. The first-order valence-electron chi connectivity index (χ1n) is 5.21. The fourth-order valence-corrected chi connectivity index (χ4v) is 2.70. The molecule has 0 bridgehead atoms. The zero-order valence-corrected chi connectivity index (χ0v) is 10.1. The number of nitrogens with two attached hydrogens (primary N) is 1. The van der Waals surface area contributed by atoms with E-state index in [1.165, 1.54) is 34.0 Å². The highest BCUT2D eigenvalue weighted by Crippen LogP contribution is 2.37. The Hall–Kier alpha value is -0.340. The standard InChI is InChI=1S/C12H16BrN/c1-8-6-10-3-2-9(4-5-14)11(10)7-12(8)13/h6-7,9H,2-5,14H2,1H3. The molecule has 0 fully saturated rings. The van der Waals surface area contributed by atoms with Gasteiger partial charge in [-0.3, -0.25) is 0 Å². The molecule has 0 spiro atoms. The second-order valence-corrected chi connectivity index (χ2v) is 4.97. The van der Waals surface area contributed by atoms with E-state index in [9.17, 15) is 0 Å². The van der Waals surface area contributed by atoms with Gasteiger partial charge in [-0.1, -0.05) is 22.0 Å². The third-order valence-corrected chi connectivity index (χ3v) is 3.99. The van der Waals surface area contributed by atoms with Crippen LogP contribution in [0.2, 0.25) is 0 Å². The lowest BCUT2D eigenvalue weighted by Gasteiger charge is -2.11. The highest BCUT2D eigenvalue weighted by molar-refractivity contribution is 9.10. The summed E-state index contributed by atoms with van der Waals surface area (Å²) in [5.74, 6) is 0.701. The molecule has 0 saturated carbocycles. The second-order valence-electron chi connectivity index (χ2n) is 4.11. The molecule has 1 aliphatic rings. The molecule has 14 heavy (non-hydrogen) atoms. The lowest BCUT2D eigenvalue weighted by atomic mass is 9.97. The van der Waals surface area contributed by atoms with Gasteiger partial charge in [-0.05, 0) is 61.4 Å². The maximum Gasteiger partial charge on any atom is 0.0207 e. The van der Waals surface area contributed by atoms with Crippen LogP contribution in [0.3, 0.4) is 0 Å². The predicted octanol–water partition coefficient (Wildman–Crippen LogP) is 3.14. The van der Waals surface area contributed by atoms with E-state index in [-0.39, 0.29) is 0 Å². The molecule has 1 unspecified atom stereocenters. The second kappa shape index (κ2) is 4.03. The number of benzene rings is 1. The van der Waals surface area contributed by atoms with E-state index in [0.29, 0.717) is 5.92 Å². The molecule has 2 heteroatoms. The van der Waals surface area contributed by atoms with Gasteiger partial charge in [0.05, 0.1) is 0 Å². The molecule has 1 nitrogen and oxygen atoms in total. The Morgan fingerprint density at radius 1 is 1.50 bits per heavy atom. The molecule has 0 radical (unpaired) electrons. The SMILES string of the molecule is Cc1cc2c(cc1Br)C(CCN)CC2. The maximum absolute atomic E-state index is 5.62. The van der Waals surface area contributed by atoms with Crippen molar-refractivity contribution in [2.75, 3.05) is 6.54 Å². The van der Waals surface area contributed by atoms with Crippen molar-refractivity contribution >= 4 is 15.9 Å². The third kappa shape index (κ3) is 1.73. The van der Waals surface area contributed by atoms with Gasteiger partial charge in [0.2, 0.25) is 0 Å². The highest BCUT2D eigenvalue weighted by Gasteiger charge is 2.22. The number of hydrogen-bond donors (Lipinski definition) is 1. The van der Waals surface area contributed by atoms with Gasteiger partial charge in [-0.2, -0.15) is 0 Å². The zero-order valence-electron chi connectivity index (χ0n) is 8.52. The van der Waals surface area contributed by atoms with Crippen molar-refractivity contribution in [3.8, 4) is 0 Å². The van der Waals surface area contributed by atoms with E-state index in [0.717, 1.165) is 13.0 Å². The Bertz CT molecular complexity index is 346. The van der Waals surface area contributed by atoms with E-state index in [2.05, 4.69) is 35.0 Å². The highest BCUT2D eigenvalue weighted by atomic mass is 79.9. The van der Waals surface area contributed by atoms with Gasteiger partial charge in [0.15, 0.2) is 0 Å². The Morgan fingerprint density at radius 3 is 3.00 bits per heavy atom. The normalized spacial score (nSPS) is 19.8. The van der Waals surface area contributed by atoms with Crippen molar-refractivity contribution < 1.29 is 0 Å². The molecule has 0 amide bonds. The van der Waals surface area contributed by atoms with Crippen LogP contribution in [0.4, 0.5) is 0 Å². The van der Waals surface area contributed by atoms with Crippen LogP contribution in [0.1, 0.15) is 35.4 Å². The van der Waals surface area contributed by atoms with Gasteiger partial charge in [0.1, 0.15) is 0 Å². The van der Waals surface area contributed by atoms with Crippen LogP contribution in [0.15, 0.2) is 16.6 Å². The molecular weight excluding hydrogens is 238 g/mol. The fraction of sp³-hybridized carbons (Fsp3) is 0.500. The van der Waals surface area contributed by atoms with Crippen LogP contribution in [-0.2, 0) is 6.42 Å². The van der Waals surface area contributed by atoms with Gasteiger partial charge in [0.25, 0.3) is 0 Å². The van der Waals surface area contributed by atoms with Crippen LogP contribution in [0, 0.1) is 6.92 Å². The van der Waals surface area contributed by atoms with Crippen molar-refractivity contribution in [2.24, 2.45) is 5.73 Å². The molecule has 1 aromatic rings. The van der Waals surface area contributed by atoms with E-state index in [1.54, 1.807) is 0 Å². The number of fused-ring (bicyclic) bond motifs is 1. The lowest BCUT2D eigenvalue weighted by Crippen LogP contribution is -2.04. The summed E-state index contributed by atoms with van der Waals surface area (Å²) in [5, 5.41) is 0. The van der Waals surface area contributed by atoms with Gasteiger partial charge < -0.3 is 5.73 Å². The number of hydrogen-bond acceptors (Lipinski definition) is 1. The van der Waals surface area contributed by atoms with Crippen molar-refractivity contribution in [3.05, 3.63) is 33.3 Å². The van der Waals surface area contributed by atoms with Crippen LogP contribution in [0.5, 0.6) is 0 Å². The fourth-order valence-electron chi connectivity index (χ4n) is 2.34. The number of halogens is 1. The molecule has 0 aliphatic heterocycles. The molecule has 0 saturated heterocycles. The number of rotatable bonds is 2. The Kier molecular flexibility index (Phi) is 2.93. The van der Waals surface area contributed by atoms with E-state index >= 15 is 0 Å². The largest absolute Gasteiger partial charge is 0.330 e. The predicted molar refractivity (Wildman–Crippen MR) is 63.6 cm³/mol. The van der Waals surface area contributed by atoms with Gasteiger partial charge >= 0.3 is 0 Å². The molecule has 1 atom stereocenters. The van der Waals surface area contributed by atoms with Crippen molar-refractivity contribution in [3.63, 3.8) is 0 Å². The molecule has 1 aliphatic carbocycles. The first-order valence-corrected chi connectivity index (χ1v) is 6.00. The van der Waals surface area contributed by atoms with Gasteiger partial charge in [-0.25, -0.2) is 0 Å². The summed E-state index contributed by atoms with van der Waals surface area (Å²) in [4.78, 5) is 0. The van der Waals surface area contributed by atoms with E-state index < -0.39 is 0 Å². The monoisotopic (exact) mass is 253 g/mol. The Balaban J connectivity index is 2.35. The Labute approximate surface area is 93.8 Å². The summed E-state index contributed by atoms with van der Waals surface area (Å²) < 4.78 is 1.24. The quantitative estimate of drug-likeness (QED) is 0.862. The summed E-state index contributed by atoms with van der Waals surface area (Å²) in [7, 11) is 0. The summed E-state index contributed by atoms with van der Waals surface area (Å²) >= 11 is 3.60. The summed E-state index contributed by atoms with van der Waals surface area (Å²) in [5.41, 5.74) is 10.0. The average Bonchev–Trinajstić information content (AvgIpc) is 2.51. The van der Waals surface area contributed by atoms with Gasteiger partial charge in [0, 0.05) is 4.47 Å². The first-order chi connectivity index (χ1) is 6.72. The Morgan fingerprint density at radius 2 is 2.29 bits per heavy atom. The molecule has 0 aromatic heterocycles. The molecule has 76 valence electrons. The van der Waals surface area contributed by atoms with Gasteiger partial charge in [-0.15, -0.1) is 0 Å². The topological polar surface area (TPSA) is 26.0 Å². The van der Waals surface area contributed by atoms with Crippen molar-refractivity contribution in [1.82, 2.24) is 0 Å². The third-order valence-electron chi connectivity index (χ3n) is 3.14. The molecular formula is C12H16BrN. The summed E-state index contributed by atoms with van der Waals surface area (Å²) in [6, 6.07) is 4.61. The van der Waals surface area contributed by atoms with Crippen LogP contribution in [0.25, 0.3) is 0 Å². The smallest absolute Gasteiger partial charge is 0.0207 e. The minimum absolute atomic E-state index is 0.701. The zero-order chi connectivity index (χ0) is 10.1. The van der Waals surface area contributed by atoms with Crippen LogP contribution >= 0.6 is 15.9 Å². The maximum atomic E-state index is 5.62.